The van der Waals surface area contributed by atoms with Crippen LogP contribution in [0.2, 0.25) is 0 Å². The van der Waals surface area contributed by atoms with Crippen LogP contribution >= 0.6 is 0 Å². The highest BCUT2D eigenvalue weighted by atomic mass is 16.2. The lowest BCUT2D eigenvalue weighted by atomic mass is 10.1. The molecule has 5 heteroatoms. The molecule has 0 bridgehead atoms. The first-order valence-corrected chi connectivity index (χ1v) is 10.1. The molecule has 5 nitrogen and oxygen atoms in total. The Kier molecular flexibility index (Phi) is 8.45. The molecule has 0 unspecified atom stereocenters. The van der Waals surface area contributed by atoms with Crippen LogP contribution in [0.15, 0.2) is 24.3 Å². The number of rotatable bonds is 8. The number of likely N-dealkylation sites (tertiary alicyclic amines) is 1. The van der Waals surface area contributed by atoms with E-state index in [4.69, 9.17) is 0 Å². The molecule has 0 saturated carbocycles. The number of carbonyl (C=O) groups excluding carboxylic acids is 2. The van der Waals surface area contributed by atoms with Gasteiger partial charge in [0.2, 0.25) is 5.91 Å². The van der Waals surface area contributed by atoms with Crippen LogP contribution in [-0.2, 0) is 4.79 Å². The third-order valence-corrected chi connectivity index (χ3v) is 4.81. The second-order valence-electron chi connectivity index (χ2n) is 7.02. The summed E-state index contributed by atoms with van der Waals surface area (Å²) in [6.07, 6.45) is 6.58. The Morgan fingerprint density at radius 3 is 2.08 bits per heavy atom. The summed E-state index contributed by atoms with van der Waals surface area (Å²) >= 11 is 0. The lowest BCUT2D eigenvalue weighted by molar-refractivity contribution is -0.129. The molecular formula is C21H33N3O2. The quantitative estimate of drug-likeness (QED) is 0.769. The first kappa shape index (κ1) is 20.3. The molecule has 144 valence electrons. The Labute approximate surface area is 157 Å². The SMILES string of the molecule is CCCN(CCC)C(=O)c1ccc(NCC(=O)N2CCCCCC2)cc1. The molecule has 1 saturated heterocycles. The van der Waals surface area contributed by atoms with Crippen molar-refractivity contribution in [2.75, 3.05) is 38.0 Å². The standard InChI is InChI=1S/C21H33N3O2/c1-3-13-24(14-4-2)21(26)18-9-11-19(12-10-18)22-17-20(25)23-15-7-5-6-8-16-23/h9-12,22H,3-8,13-17H2,1-2H3. The average Bonchev–Trinajstić information content (AvgIpc) is 2.95. The van der Waals surface area contributed by atoms with Gasteiger partial charge in [-0.25, -0.2) is 0 Å². The highest BCUT2D eigenvalue weighted by molar-refractivity contribution is 5.94. The number of hydrogen-bond donors (Lipinski definition) is 1. The van der Waals surface area contributed by atoms with Crippen LogP contribution in [0.25, 0.3) is 0 Å². The zero-order chi connectivity index (χ0) is 18.8. The van der Waals surface area contributed by atoms with E-state index in [2.05, 4.69) is 19.2 Å². The highest BCUT2D eigenvalue weighted by Crippen LogP contribution is 2.13. The van der Waals surface area contributed by atoms with Crippen LogP contribution < -0.4 is 5.32 Å². The second-order valence-corrected chi connectivity index (χ2v) is 7.02. The molecule has 1 aromatic rings. The van der Waals surface area contributed by atoms with Crippen molar-refractivity contribution in [2.45, 2.75) is 52.4 Å². The van der Waals surface area contributed by atoms with Crippen LogP contribution in [0.5, 0.6) is 0 Å². The van der Waals surface area contributed by atoms with Gasteiger partial charge in [0.25, 0.3) is 5.91 Å². The summed E-state index contributed by atoms with van der Waals surface area (Å²) in [5, 5.41) is 3.19. The van der Waals surface area contributed by atoms with Gasteiger partial charge in [-0.3, -0.25) is 9.59 Å². The van der Waals surface area contributed by atoms with Gasteiger partial charge in [-0.1, -0.05) is 26.7 Å². The maximum atomic E-state index is 12.6. The van der Waals surface area contributed by atoms with Gasteiger partial charge in [0.05, 0.1) is 6.54 Å². The third kappa shape index (κ3) is 6.04. The van der Waals surface area contributed by atoms with E-state index >= 15 is 0 Å². The van der Waals surface area contributed by atoms with E-state index in [1.807, 2.05) is 34.1 Å². The Bertz CT molecular complexity index is 557. The van der Waals surface area contributed by atoms with Crippen LogP contribution in [0.4, 0.5) is 5.69 Å². The van der Waals surface area contributed by atoms with Crippen molar-refractivity contribution in [3.05, 3.63) is 29.8 Å². The maximum Gasteiger partial charge on any atom is 0.253 e. The third-order valence-electron chi connectivity index (χ3n) is 4.81. The van der Waals surface area contributed by atoms with Crippen LogP contribution in [0.3, 0.4) is 0 Å². The molecule has 2 rings (SSSR count). The fraction of sp³-hybridized carbons (Fsp3) is 0.619. The Hall–Kier alpha value is -2.04. The lowest BCUT2D eigenvalue weighted by Crippen LogP contribution is -2.36. The fourth-order valence-electron chi connectivity index (χ4n) is 3.38. The summed E-state index contributed by atoms with van der Waals surface area (Å²) in [4.78, 5) is 28.8. The largest absolute Gasteiger partial charge is 0.376 e. The van der Waals surface area contributed by atoms with Gasteiger partial charge >= 0.3 is 0 Å². The average molecular weight is 360 g/mol. The highest BCUT2D eigenvalue weighted by Gasteiger charge is 2.16. The molecule has 1 fully saturated rings. The van der Waals surface area contributed by atoms with E-state index in [-0.39, 0.29) is 11.8 Å². The van der Waals surface area contributed by atoms with E-state index in [1.54, 1.807) is 0 Å². The van der Waals surface area contributed by atoms with Gasteiger partial charge in [-0.2, -0.15) is 0 Å². The second kappa shape index (κ2) is 10.8. The van der Waals surface area contributed by atoms with E-state index in [0.29, 0.717) is 12.1 Å². The van der Waals surface area contributed by atoms with Crippen LogP contribution in [0, 0.1) is 0 Å². The first-order chi connectivity index (χ1) is 12.7. The summed E-state index contributed by atoms with van der Waals surface area (Å²) in [5.74, 6) is 0.241. The van der Waals surface area contributed by atoms with E-state index < -0.39 is 0 Å². The minimum atomic E-state index is 0.0842. The van der Waals surface area contributed by atoms with Crippen molar-refractivity contribution in [3.63, 3.8) is 0 Å². The fourth-order valence-corrected chi connectivity index (χ4v) is 3.38. The summed E-state index contributed by atoms with van der Waals surface area (Å²) in [5.41, 5.74) is 1.58. The van der Waals surface area contributed by atoms with Gasteiger partial charge < -0.3 is 15.1 Å². The van der Waals surface area contributed by atoms with Gasteiger partial charge in [0, 0.05) is 37.4 Å². The summed E-state index contributed by atoms with van der Waals surface area (Å²) < 4.78 is 0. The molecule has 1 aliphatic rings. The molecule has 1 heterocycles. The van der Waals surface area contributed by atoms with Gasteiger partial charge in [-0.15, -0.1) is 0 Å². The zero-order valence-corrected chi connectivity index (χ0v) is 16.3. The number of anilines is 1. The zero-order valence-electron chi connectivity index (χ0n) is 16.3. The smallest absolute Gasteiger partial charge is 0.253 e. The van der Waals surface area contributed by atoms with E-state index in [1.165, 1.54) is 12.8 Å². The van der Waals surface area contributed by atoms with E-state index in [0.717, 1.165) is 57.5 Å². The van der Waals surface area contributed by atoms with Crippen molar-refractivity contribution in [1.82, 2.24) is 9.80 Å². The van der Waals surface area contributed by atoms with Crippen molar-refractivity contribution in [3.8, 4) is 0 Å². The van der Waals surface area contributed by atoms with Gasteiger partial charge in [0.15, 0.2) is 0 Å². The summed E-state index contributed by atoms with van der Waals surface area (Å²) in [6, 6.07) is 7.47. The molecule has 0 atom stereocenters. The minimum Gasteiger partial charge on any atom is -0.376 e. The van der Waals surface area contributed by atoms with Crippen LogP contribution in [0.1, 0.15) is 62.7 Å². The molecule has 0 spiro atoms. The predicted molar refractivity (Wildman–Crippen MR) is 106 cm³/mol. The number of benzene rings is 1. The number of amides is 2. The molecule has 0 aromatic heterocycles. The maximum absolute atomic E-state index is 12.6. The summed E-state index contributed by atoms with van der Waals surface area (Å²) in [6.45, 7) is 7.81. The molecule has 1 aromatic carbocycles. The molecule has 1 N–H and O–H groups in total. The van der Waals surface area contributed by atoms with Crippen molar-refractivity contribution < 1.29 is 9.59 Å². The Morgan fingerprint density at radius 1 is 0.962 bits per heavy atom. The Balaban J connectivity index is 1.88. The van der Waals surface area contributed by atoms with E-state index in [9.17, 15) is 9.59 Å². The van der Waals surface area contributed by atoms with Crippen molar-refractivity contribution >= 4 is 17.5 Å². The molecule has 2 amide bonds. The molecule has 0 aliphatic carbocycles. The van der Waals surface area contributed by atoms with Crippen molar-refractivity contribution in [2.24, 2.45) is 0 Å². The minimum absolute atomic E-state index is 0.0842. The van der Waals surface area contributed by atoms with Crippen LogP contribution in [-0.4, -0.2) is 54.3 Å². The molecule has 26 heavy (non-hydrogen) atoms. The number of hydrogen-bond acceptors (Lipinski definition) is 3. The molecular weight excluding hydrogens is 326 g/mol. The lowest BCUT2D eigenvalue weighted by Gasteiger charge is -2.22. The van der Waals surface area contributed by atoms with Gasteiger partial charge in [-0.05, 0) is 49.9 Å². The normalized spacial score (nSPS) is 14.6. The van der Waals surface area contributed by atoms with Gasteiger partial charge in [0.1, 0.15) is 0 Å². The number of carbonyl (C=O) groups is 2. The topological polar surface area (TPSA) is 52.7 Å². The van der Waals surface area contributed by atoms with Crippen molar-refractivity contribution in [1.29, 1.82) is 0 Å². The summed E-state index contributed by atoms with van der Waals surface area (Å²) in [7, 11) is 0. The number of nitrogens with zero attached hydrogens (tertiary/aromatic N) is 2. The Morgan fingerprint density at radius 2 is 1.54 bits per heavy atom. The first-order valence-electron chi connectivity index (χ1n) is 10.1. The monoisotopic (exact) mass is 359 g/mol. The predicted octanol–water partition coefficient (Wildman–Crippen LogP) is 3.76. The molecule has 1 aliphatic heterocycles. The molecule has 0 radical (unpaired) electrons. The number of nitrogens with one attached hydrogen (secondary N) is 1.